The van der Waals surface area contributed by atoms with E-state index in [2.05, 4.69) is 9.80 Å². The molecule has 2 heterocycles. The van der Waals surface area contributed by atoms with Gasteiger partial charge in [0.1, 0.15) is 0 Å². The molecule has 0 spiro atoms. The van der Waals surface area contributed by atoms with Crippen molar-refractivity contribution in [2.24, 2.45) is 17.8 Å². The van der Waals surface area contributed by atoms with Crippen molar-refractivity contribution < 1.29 is 9.90 Å². The summed E-state index contributed by atoms with van der Waals surface area (Å²) in [5.41, 5.74) is -0.386. The average Bonchev–Trinajstić information content (AvgIpc) is 2.74. The third-order valence-electron chi connectivity index (χ3n) is 7.08. The Labute approximate surface area is 126 Å². The second-order valence-electron chi connectivity index (χ2n) is 8.46. The lowest BCUT2D eigenvalue weighted by Crippen LogP contribution is -2.62. The number of fused-ring (bicyclic) bond motifs is 1. The van der Waals surface area contributed by atoms with Gasteiger partial charge in [-0.2, -0.15) is 0 Å². The van der Waals surface area contributed by atoms with Crippen molar-refractivity contribution in [1.29, 1.82) is 0 Å². The zero-order valence-corrected chi connectivity index (χ0v) is 12.7. The maximum atomic E-state index is 12.8. The maximum absolute atomic E-state index is 12.8. The lowest BCUT2D eigenvalue weighted by atomic mass is 9.52. The van der Waals surface area contributed by atoms with Gasteiger partial charge in [0.25, 0.3) is 0 Å². The highest BCUT2D eigenvalue weighted by molar-refractivity contribution is 5.78. The molecule has 4 bridgehead atoms. The molecule has 0 unspecified atom stereocenters. The summed E-state index contributed by atoms with van der Waals surface area (Å²) in [7, 11) is 0. The number of piperidine rings is 1. The third-order valence-corrected chi connectivity index (χ3v) is 7.08. The second kappa shape index (κ2) is 4.15. The van der Waals surface area contributed by atoms with Crippen LogP contribution in [0.2, 0.25) is 0 Å². The van der Waals surface area contributed by atoms with Gasteiger partial charge in [-0.1, -0.05) is 0 Å². The molecule has 116 valence electrons. The summed E-state index contributed by atoms with van der Waals surface area (Å²) in [5, 5.41) is 10.7. The van der Waals surface area contributed by atoms with Crippen molar-refractivity contribution in [2.45, 2.75) is 69.1 Å². The summed E-state index contributed by atoms with van der Waals surface area (Å²) >= 11 is 0. The number of aliphatic hydroxyl groups is 1. The van der Waals surface area contributed by atoms with E-state index in [-0.39, 0.29) is 5.60 Å². The van der Waals surface area contributed by atoms with E-state index in [0.717, 1.165) is 38.3 Å². The molecule has 3 atom stereocenters. The van der Waals surface area contributed by atoms with Gasteiger partial charge in [-0.05, 0) is 69.1 Å². The smallest absolute Gasteiger partial charge is 0.320 e. The van der Waals surface area contributed by atoms with Gasteiger partial charge in [-0.3, -0.25) is 0 Å². The van der Waals surface area contributed by atoms with Gasteiger partial charge in [-0.25, -0.2) is 4.79 Å². The lowest BCUT2D eigenvalue weighted by Gasteiger charge is -2.59. The van der Waals surface area contributed by atoms with Crippen LogP contribution in [-0.2, 0) is 0 Å². The Kier molecular flexibility index (Phi) is 2.52. The number of rotatable bonds is 1. The van der Waals surface area contributed by atoms with Crippen LogP contribution < -0.4 is 0 Å². The Bertz CT molecular complexity index is 463. The predicted octanol–water partition coefficient (Wildman–Crippen LogP) is 2.22. The molecule has 6 aliphatic rings. The molecule has 2 aliphatic heterocycles. The standard InChI is InChI=1S/C17H26N2O2/c20-16-18-4-2-1-3-14(18)10-19(16)15-12-5-11-6-13(15)9-17(21,7-11)8-12/h11-15,21H,1-10H2/t11?,12-,13-,14-,15?,17?/m0/s1. The van der Waals surface area contributed by atoms with Crippen LogP contribution in [0.15, 0.2) is 0 Å². The Balaban J connectivity index is 1.42. The van der Waals surface area contributed by atoms with E-state index in [4.69, 9.17) is 0 Å². The van der Waals surface area contributed by atoms with E-state index in [1.54, 1.807) is 0 Å². The Morgan fingerprint density at radius 1 is 1.05 bits per heavy atom. The topological polar surface area (TPSA) is 43.8 Å². The predicted molar refractivity (Wildman–Crippen MR) is 78.7 cm³/mol. The van der Waals surface area contributed by atoms with Crippen LogP contribution in [0.25, 0.3) is 0 Å². The van der Waals surface area contributed by atoms with Gasteiger partial charge in [0.05, 0.1) is 11.6 Å². The molecule has 0 aromatic rings. The molecule has 4 aliphatic carbocycles. The summed E-state index contributed by atoms with van der Waals surface area (Å²) in [4.78, 5) is 17.2. The minimum absolute atomic E-state index is 0.309. The van der Waals surface area contributed by atoms with E-state index in [9.17, 15) is 9.90 Å². The third kappa shape index (κ3) is 1.74. The summed E-state index contributed by atoms with van der Waals surface area (Å²) in [6.45, 7) is 1.92. The molecular formula is C17H26N2O2. The van der Waals surface area contributed by atoms with E-state index >= 15 is 0 Å². The van der Waals surface area contributed by atoms with E-state index in [1.807, 2.05) is 0 Å². The molecule has 6 rings (SSSR count). The minimum atomic E-state index is -0.386. The van der Waals surface area contributed by atoms with Gasteiger partial charge >= 0.3 is 6.03 Å². The van der Waals surface area contributed by atoms with Crippen LogP contribution in [0.4, 0.5) is 4.79 Å². The molecule has 2 saturated heterocycles. The van der Waals surface area contributed by atoms with E-state index in [1.165, 1.54) is 32.1 Å². The molecule has 21 heavy (non-hydrogen) atoms. The largest absolute Gasteiger partial charge is 0.390 e. The number of urea groups is 1. The van der Waals surface area contributed by atoms with Crippen LogP contribution in [0.1, 0.15) is 51.4 Å². The zero-order chi connectivity index (χ0) is 14.2. The molecule has 6 fully saturated rings. The molecule has 4 saturated carbocycles. The van der Waals surface area contributed by atoms with Gasteiger partial charge in [-0.15, -0.1) is 0 Å². The van der Waals surface area contributed by atoms with Gasteiger partial charge in [0, 0.05) is 19.1 Å². The average molecular weight is 290 g/mol. The Morgan fingerprint density at radius 3 is 2.48 bits per heavy atom. The molecular weight excluding hydrogens is 264 g/mol. The van der Waals surface area contributed by atoms with E-state index < -0.39 is 0 Å². The number of carbonyl (C=O) groups is 1. The van der Waals surface area contributed by atoms with Crippen LogP contribution in [0, 0.1) is 17.8 Å². The Morgan fingerprint density at radius 2 is 1.81 bits per heavy atom. The molecule has 0 radical (unpaired) electrons. The first-order valence-electron chi connectivity index (χ1n) is 8.93. The summed E-state index contributed by atoms with van der Waals surface area (Å²) in [5.74, 6) is 1.85. The quantitative estimate of drug-likeness (QED) is 0.804. The van der Waals surface area contributed by atoms with Gasteiger partial charge < -0.3 is 14.9 Å². The highest BCUT2D eigenvalue weighted by Crippen LogP contribution is 2.57. The molecule has 4 heteroatoms. The second-order valence-corrected chi connectivity index (χ2v) is 8.46. The van der Waals surface area contributed by atoms with Crippen LogP contribution >= 0.6 is 0 Å². The monoisotopic (exact) mass is 290 g/mol. The lowest BCUT2D eigenvalue weighted by molar-refractivity contribution is -0.152. The van der Waals surface area contributed by atoms with Gasteiger partial charge in [0.2, 0.25) is 0 Å². The van der Waals surface area contributed by atoms with Gasteiger partial charge in [0.15, 0.2) is 0 Å². The van der Waals surface area contributed by atoms with Crippen molar-refractivity contribution in [2.75, 3.05) is 13.1 Å². The van der Waals surface area contributed by atoms with Crippen molar-refractivity contribution in [1.82, 2.24) is 9.80 Å². The fourth-order valence-corrected chi connectivity index (χ4v) is 6.63. The molecule has 4 nitrogen and oxygen atoms in total. The maximum Gasteiger partial charge on any atom is 0.320 e. The Hall–Kier alpha value is -0.770. The summed E-state index contributed by atoms with van der Waals surface area (Å²) < 4.78 is 0. The first-order valence-corrected chi connectivity index (χ1v) is 8.93. The number of hydrogen-bond acceptors (Lipinski definition) is 2. The highest BCUT2D eigenvalue weighted by atomic mass is 16.3. The van der Waals surface area contributed by atoms with Crippen molar-refractivity contribution in [3.8, 4) is 0 Å². The molecule has 2 amide bonds. The normalized spacial score (nSPS) is 51.7. The summed E-state index contributed by atoms with van der Waals surface area (Å²) in [6.07, 6.45) is 9.05. The SMILES string of the molecule is O=C1N(C2[C@H]3CC4C[C@H]2CC(O)(C4)C3)C[C@@H]2CCCCN12. The number of hydrogen-bond donors (Lipinski definition) is 1. The van der Waals surface area contributed by atoms with Crippen LogP contribution in [-0.4, -0.2) is 51.7 Å². The first kappa shape index (κ1) is 12.7. The fourth-order valence-electron chi connectivity index (χ4n) is 6.63. The fraction of sp³-hybridized carbons (Fsp3) is 0.941. The van der Waals surface area contributed by atoms with Crippen molar-refractivity contribution >= 4 is 6.03 Å². The number of nitrogens with zero attached hydrogens (tertiary/aromatic N) is 2. The molecule has 0 aromatic carbocycles. The van der Waals surface area contributed by atoms with Crippen molar-refractivity contribution in [3.63, 3.8) is 0 Å². The molecule has 1 N–H and O–H groups in total. The highest BCUT2D eigenvalue weighted by Gasteiger charge is 2.58. The van der Waals surface area contributed by atoms with E-state index in [0.29, 0.717) is 30.0 Å². The minimum Gasteiger partial charge on any atom is -0.390 e. The number of amides is 2. The van der Waals surface area contributed by atoms with Crippen LogP contribution in [0.3, 0.4) is 0 Å². The molecule has 0 aromatic heterocycles. The number of carbonyl (C=O) groups excluding carboxylic acids is 1. The van der Waals surface area contributed by atoms with Crippen molar-refractivity contribution in [3.05, 3.63) is 0 Å². The van der Waals surface area contributed by atoms with Crippen LogP contribution in [0.5, 0.6) is 0 Å². The zero-order valence-electron chi connectivity index (χ0n) is 12.7. The first-order chi connectivity index (χ1) is 10.1. The summed E-state index contributed by atoms with van der Waals surface area (Å²) in [6, 6.07) is 1.22.